The van der Waals surface area contributed by atoms with E-state index in [9.17, 15) is 0 Å². The van der Waals surface area contributed by atoms with E-state index in [-0.39, 0.29) is 10.8 Å². The molecule has 0 aromatic heterocycles. The highest BCUT2D eigenvalue weighted by Crippen LogP contribution is 2.03. The summed E-state index contributed by atoms with van der Waals surface area (Å²) in [6, 6.07) is 0. The molecule has 68 valence electrons. The highest BCUT2D eigenvalue weighted by Gasteiger charge is 2.05. The molecule has 0 spiro atoms. The first-order chi connectivity index (χ1) is 5.20. The molecule has 0 unspecified atom stereocenters. The van der Waals surface area contributed by atoms with Crippen LogP contribution in [-0.4, -0.2) is 35.7 Å². The lowest BCUT2D eigenvalue weighted by atomic mass is 10.5. The molecule has 0 N–H and O–H groups in total. The highest BCUT2D eigenvalue weighted by molar-refractivity contribution is 6.28. The van der Waals surface area contributed by atoms with Gasteiger partial charge >= 0.3 is 0 Å². The molecule has 0 saturated heterocycles. The molecule has 0 aliphatic carbocycles. The van der Waals surface area contributed by atoms with E-state index in [0.717, 1.165) is 0 Å². The summed E-state index contributed by atoms with van der Waals surface area (Å²) in [7, 11) is 0. The summed E-state index contributed by atoms with van der Waals surface area (Å²) in [5.74, 6) is 0.769. The van der Waals surface area contributed by atoms with Crippen molar-refractivity contribution >= 4 is 46.4 Å². The molecule has 0 aliphatic rings. The van der Waals surface area contributed by atoms with Gasteiger partial charge in [0.05, 0.1) is 24.0 Å². The lowest BCUT2D eigenvalue weighted by Crippen LogP contribution is -2.17. The van der Waals surface area contributed by atoms with Gasteiger partial charge in [0, 0.05) is 11.8 Å². The Balaban J connectivity index is 3.13. The van der Waals surface area contributed by atoms with Gasteiger partial charge in [-0.2, -0.15) is 0 Å². The van der Waals surface area contributed by atoms with Crippen molar-refractivity contribution in [2.75, 3.05) is 25.0 Å². The van der Waals surface area contributed by atoms with Crippen molar-refractivity contribution in [3.8, 4) is 0 Å². The van der Waals surface area contributed by atoms with Gasteiger partial charge in [-0.15, -0.1) is 46.4 Å². The number of hydrogen-bond acceptors (Lipinski definition) is 1. The molecular formula is C6H10Cl4O. The van der Waals surface area contributed by atoms with E-state index in [1.807, 2.05) is 0 Å². The van der Waals surface area contributed by atoms with Crippen molar-refractivity contribution in [1.82, 2.24) is 0 Å². The van der Waals surface area contributed by atoms with Gasteiger partial charge in [0.2, 0.25) is 0 Å². The molecule has 0 aromatic carbocycles. The molecule has 0 aromatic rings. The predicted octanol–water partition coefficient (Wildman–Crippen LogP) is 2.70. The number of halogens is 4. The molecule has 0 bridgehead atoms. The highest BCUT2D eigenvalue weighted by atomic mass is 35.5. The van der Waals surface area contributed by atoms with Gasteiger partial charge in [-0.1, -0.05) is 0 Å². The molecule has 0 radical (unpaired) electrons. The zero-order valence-electron chi connectivity index (χ0n) is 5.90. The smallest absolute Gasteiger partial charge is 0.0704 e. The fraction of sp³-hybridized carbons (Fsp3) is 1.00. The zero-order valence-corrected chi connectivity index (χ0v) is 8.93. The van der Waals surface area contributed by atoms with Crippen LogP contribution >= 0.6 is 46.4 Å². The molecular weight excluding hydrogens is 230 g/mol. The van der Waals surface area contributed by atoms with E-state index < -0.39 is 0 Å². The summed E-state index contributed by atoms with van der Waals surface area (Å²) >= 11 is 22.2. The quantitative estimate of drug-likeness (QED) is 0.648. The maximum atomic E-state index is 5.66. The molecule has 11 heavy (non-hydrogen) atoms. The molecule has 1 nitrogen and oxygen atoms in total. The number of rotatable bonds is 6. The Hall–Kier alpha value is 1.12. The Labute approximate surface area is 86.9 Å². The van der Waals surface area contributed by atoms with Crippen LogP contribution < -0.4 is 0 Å². The molecule has 0 fully saturated rings. The minimum Gasteiger partial charge on any atom is -0.378 e. The van der Waals surface area contributed by atoms with Crippen LogP contribution in [0.25, 0.3) is 0 Å². The Morgan fingerprint density at radius 3 is 1.55 bits per heavy atom. The Kier molecular flexibility index (Phi) is 8.54. The second-order valence-electron chi connectivity index (χ2n) is 2.04. The van der Waals surface area contributed by atoms with Crippen molar-refractivity contribution < 1.29 is 4.74 Å². The van der Waals surface area contributed by atoms with Crippen molar-refractivity contribution in [3.63, 3.8) is 0 Å². The van der Waals surface area contributed by atoms with Crippen LogP contribution in [-0.2, 0) is 4.74 Å². The maximum absolute atomic E-state index is 5.66. The molecule has 0 aliphatic heterocycles. The topological polar surface area (TPSA) is 9.23 Å². The average Bonchev–Trinajstić information content (AvgIpc) is 2.04. The lowest BCUT2D eigenvalue weighted by molar-refractivity contribution is 0.140. The summed E-state index contributed by atoms with van der Waals surface area (Å²) in [6.07, 6.45) is 0. The summed E-state index contributed by atoms with van der Waals surface area (Å²) in [4.78, 5) is 0. The third kappa shape index (κ3) is 7.48. The third-order valence-electron chi connectivity index (χ3n) is 0.932. The van der Waals surface area contributed by atoms with Gasteiger partial charge in [0.25, 0.3) is 0 Å². The van der Waals surface area contributed by atoms with E-state index in [1.54, 1.807) is 0 Å². The van der Waals surface area contributed by atoms with Crippen LogP contribution in [0.15, 0.2) is 0 Å². The normalized spacial score (nSPS) is 16.4. The Bertz CT molecular complexity index is 80.7. The summed E-state index contributed by atoms with van der Waals surface area (Å²) in [6.45, 7) is 0.844. The van der Waals surface area contributed by atoms with Crippen LogP contribution in [0.3, 0.4) is 0 Å². The fourth-order valence-electron chi connectivity index (χ4n) is 0.413. The van der Waals surface area contributed by atoms with Gasteiger partial charge in [0.15, 0.2) is 0 Å². The zero-order chi connectivity index (χ0) is 8.69. The predicted molar refractivity (Wildman–Crippen MR) is 51.5 cm³/mol. The van der Waals surface area contributed by atoms with E-state index in [0.29, 0.717) is 25.0 Å². The van der Waals surface area contributed by atoms with Gasteiger partial charge in [-0.3, -0.25) is 0 Å². The largest absolute Gasteiger partial charge is 0.378 e. The monoisotopic (exact) mass is 238 g/mol. The second kappa shape index (κ2) is 7.75. The number of hydrogen-bond donors (Lipinski definition) is 0. The first kappa shape index (κ1) is 12.1. The standard InChI is InChI=1S/C6H10Cl4O/c7-1-5(9)3-11-4-6(10)2-8/h5-6H,1-4H2/t5-,6-/m1/s1. The SMILES string of the molecule is ClC[C@@H](Cl)COC[C@H](Cl)CCl. The van der Waals surface area contributed by atoms with Crippen LogP contribution in [0.2, 0.25) is 0 Å². The minimum atomic E-state index is -0.143. The number of ether oxygens (including phenoxy) is 1. The molecule has 0 rings (SSSR count). The molecule has 0 saturated carbocycles. The van der Waals surface area contributed by atoms with Crippen molar-refractivity contribution in [1.29, 1.82) is 0 Å². The Morgan fingerprint density at radius 2 is 1.27 bits per heavy atom. The van der Waals surface area contributed by atoms with Crippen molar-refractivity contribution in [2.24, 2.45) is 0 Å². The Morgan fingerprint density at radius 1 is 0.909 bits per heavy atom. The van der Waals surface area contributed by atoms with E-state index in [4.69, 9.17) is 51.1 Å². The molecule has 2 atom stereocenters. The van der Waals surface area contributed by atoms with E-state index in [1.165, 1.54) is 0 Å². The minimum absolute atomic E-state index is 0.143. The lowest BCUT2D eigenvalue weighted by Gasteiger charge is -2.08. The van der Waals surface area contributed by atoms with Crippen LogP contribution in [0, 0.1) is 0 Å². The summed E-state index contributed by atoms with van der Waals surface area (Å²) in [5.41, 5.74) is 0. The van der Waals surface area contributed by atoms with Crippen LogP contribution in [0.4, 0.5) is 0 Å². The van der Waals surface area contributed by atoms with Gasteiger partial charge in [-0.05, 0) is 0 Å². The molecule has 5 heteroatoms. The molecule has 0 amide bonds. The second-order valence-corrected chi connectivity index (χ2v) is 3.89. The summed E-state index contributed by atoms with van der Waals surface area (Å²) in [5, 5.41) is -0.285. The van der Waals surface area contributed by atoms with Gasteiger partial charge in [0.1, 0.15) is 0 Å². The molecule has 0 heterocycles. The average molecular weight is 240 g/mol. The van der Waals surface area contributed by atoms with Gasteiger partial charge in [-0.25, -0.2) is 0 Å². The number of alkyl halides is 4. The van der Waals surface area contributed by atoms with E-state index in [2.05, 4.69) is 0 Å². The van der Waals surface area contributed by atoms with Crippen LogP contribution in [0.5, 0.6) is 0 Å². The fourth-order valence-corrected chi connectivity index (χ4v) is 0.769. The van der Waals surface area contributed by atoms with Crippen molar-refractivity contribution in [2.45, 2.75) is 10.8 Å². The van der Waals surface area contributed by atoms with Crippen LogP contribution in [0.1, 0.15) is 0 Å². The third-order valence-corrected chi connectivity index (χ3v) is 2.55. The first-order valence-electron chi connectivity index (χ1n) is 3.18. The van der Waals surface area contributed by atoms with E-state index >= 15 is 0 Å². The van der Waals surface area contributed by atoms with Crippen molar-refractivity contribution in [3.05, 3.63) is 0 Å². The van der Waals surface area contributed by atoms with Gasteiger partial charge < -0.3 is 4.74 Å². The summed E-state index contributed by atoms with van der Waals surface area (Å²) < 4.78 is 5.11. The first-order valence-corrected chi connectivity index (χ1v) is 5.12. The maximum Gasteiger partial charge on any atom is 0.0704 e.